The van der Waals surface area contributed by atoms with Gasteiger partial charge in [-0.25, -0.2) is 13.2 Å². The minimum atomic E-state index is -3.11. The molecule has 0 aliphatic carbocycles. The number of nitrogens with zero attached hydrogens (tertiary/aromatic N) is 4. The van der Waals surface area contributed by atoms with Crippen molar-refractivity contribution in [1.29, 1.82) is 0 Å². The van der Waals surface area contributed by atoms with Gasteiger partial charge in [-0.1, -0.05) is 0 Å². The zero-order valence-corrected chi connectivity index (χ0v) is 14.0. The number of hydrogen-bond acceptors (Lipinski definition) is 5. The number of amides is 2. The SMILES string of the molecule is CN(C(=O)NCCS(C)(=O)=O)c1cc(-c2cccnc2)nn1C. The molecule has 0 atom stereocenters. The molecular formula is C14H19N5O3S. The monoisotopic (exact) mass is 337 g/mol. The maximum atomic E-state index is 12.1. The van der Waals surface area contributed by atoms with E-state index >= 15 is 0 Å². The highest BCUT2D eigenvalue weighted by molar-refractivity contribution is 7.90. The third kappa shape index (κ3) is 4.52. The lowest BCUT2D eigenvalue weighted by Crippen LogP contribution is -2.40. The molecule has 0 bridgehead atoms. The van der Waals surface area contributed by atoms with Crippen LogP contribution in [0.4, 0.5) is 10.6 Å². The fourth-order valence-electron chi connectivity index (χ4n) is 1.99. The highest BCUT2D eigenvalue weighted by Crippen LogP contribution is 2.22. The van der Waals surface area contributed by atoms with Crippen LogP contribution >= 0.6 is 0 Å². The van der Waals surface area contributed by atoms with Crippen molar-refractivity contribution in [3.63, 3.8) is 0 Å². The minimum Gasteiger partial charge on any atom is -0.337 e. The Morgan fingerprint density at radius 2 is 2.17 bits per heavy atom. The first-order valence-corrected chi connectivity index (χ1v) is 8.98. The van der Waals surface area contributed by atoms with Crippen LogP contribution in [0.25, 0.3) is 11.3 Å². The number of carbonyl (C=O) groups excluding carboxylic acids is 1. The Morgan fingerprint density at radius 1 is 1.43 bits per heavy atom. The van der Waals surface area contributed by atoms with Crippen LogP contribution in [0.1, 0.15) is 0 Å². The van der Waals surface area contributed by atoms with E-state index in [1.807, 2.05) is 12.1 Å². The lowest BCUT2D eigenvalue weighted by atomic mass is 10.2. The van der Waals surface area contributed by atoms with Crippen LogP contribution in [0, 0.1) is 0 Å². The third-order valence-corrected chi connectivity index (χ3v) is 4.16. The first kappa shape index (κ1) is 16.9. The molecule has 2 rings (SSSR count). The van der Waals surface area contributed by atoms with Crippen molar-refractivity contribution in [3.8, 4) is 11.3 Å². The molecule has 2 heterocycles. The number of sulfone groups is 1. The van der Waals surface area contributed by atoms with Crippen LogP contribution in [0.15, 0.2) is 30.6 Å². The summed E-state index contributed by atoms with van der Waals surface area (Å²) >= 11 is 0. The van der Waals surface area contributed by atoms with Gasteiger partial charge in [-0.15, -0.1) is 0 Å². The predicted octanol–water partition coefficient (Wildman–Crippen LogP) is 0.672. The molecule has 2 aromatic heterocycles. The fourth-order valence-corrected chi connectivity index (χ4v) is 2.47. The van der Waals surface area contributed by atoms with Crippen LogP contribution in [0.2, 0.25) is 0 Å². The van der Waals surface area contributed by atoms with E-state index in [4.69, 9.17) is 0 Å². The molecule has 0 aliphatic heterocycles. The van der Waals surface area contributed by atoms with Gasteiger partial charge in [0.1, 0.15) is 15.7 Å². The smallest absolute Gasteiger partial charge is 0.322 e. The molecule has 0 aliphatic rings. The number of anilines is 1. The molecule has 2 aromatic rings. The molecule has 1 N–H and O–H groups in total. The van der Waals surface area contributed by atoms with Gasteiger partial charge in [-0.3, -0.25) is 14.6 Å². The van der Waals surface area contributed by atoms with E-state index < -0.39 is 15.9 Å². The second kappa shape index (κ2) is 6.78. The summed E-state index contributed by atoms with van der Waals surface area (Å²) < 4.78 is 23.7. The summed E-state index contributed by atoms with van der Waals surface area (Å²) in [5.41, 5.74) is 1.55. The zero-order chi connectivity index (χ0) is 17.0. The Hall–Kier alpha value is -2.42. The van der Waals surface area contributed by atoms with Crippen molar-refractivity contribution in [2.45, 2.75) is 0 Å². The zero-order valence-electron chi connectivity index (χ0n) is 13.2. The maximum absolute atomic E-state index is 12.1. The van der Waals surface area contributed by atoms with Crippen LogP contribution in [0.5, 0.6) is 0 Å². The predicted molar refractivity (Wildman–Crippen MR) is 88.0 cm³/mol. The molecule has 9 heteroatoms. The summed E-state index contributed by atoms with van der Waals surface area (Å²) in [5.74, 6) is 0.486. The highest BCUT2D eigenvalue weighted by Gasteiger charge is 2.17. The molecule has 0 saturated carbocycles. The topological polar surface area (TPSA) is 97.2 Å². The highest BCUT2D eigenvalue weighted by atomic mass is 32.2. The summed E-state index contributed by atoms with van der Waals surface area (Å²) in [6.07, 6.45) is 4.50. The molecule has 23 heavy (non-hydrogen) atoms. The van der Waals surface area contributed by atoms with Gasteiger partial charge < -0.3 is 5.32 Å². The number of urea groups is 1. The molecule has 0 aromatic carbocycles. The number of carbonyl (C=O) groups is 1. The minimum absolute atomic E-state index is 0.0648. The average molecular weight is 337 g/mol. The number of pyridine rings is 1. The van der Waals surface area contributed by atoms with Gasteiger partial charge in [0.25, 0.3) is 0 Å². The van der Waals surface area contributed by atoms with E-state index in [9.17, 15) is 13.2 Å². The van der Waals surface area contributed by atoms with Crippen molar-refractivity contribution in [2.75, 3.05) is 30.5 Å². The Morgan fingerprint density at radius 3 is 2.78 bits per heavy atom. The van der Waals surface area contributed by atoms with Crippen LogP contribution in [0.3, 0.4) is 0 Å². The number of aromatic nitrogens is 3. The molecule has 0 radical (unpaired) electrons. The fraction of sp³-hybridized carbons (Fsp3) is 0.357. The largest absolute Gasteiger partial charge is 0.337 e. The Labute approximate surface area is 135 Å². The number of aryl methyl sites for hydroxylation is 1. The van der Waals surface area contributed by atoms with Gasteiger partial charge in [0.2, 0.25) is 0 Å². The van der Waals surface area contributed by atoms with Crippen LogP contribution < -0.4 is 10.2 Å². The van der Waals surface area contributed by atoms with Gasteiger partial charge in [0.15, 0.2) is 0 Å². The lowest BCUT2D eigenvalue weighted by Gasteiger charge is -2.17. The van der Waals surface area contributed by atoms with Crippen LogP contribution in [-0.4, -0.2) is 54.8 Å². The molecule has 8 nitrogen and oxygen atoms in total. The quantitative estimate of drug-likeness (QED) is 0.865. The standard InChI is InChI=1S/C14H19N5O3S/c1-18(14(20)16-7-8-23(3,21)22)13-9-12(17-19(13)2)11-5-4-6-15-10-11/h4-6,9-10H,7-8H2,1-3H3,(H,16,20). The van der Waals surface area contributed by atoms with Crippen molar-refractivity contribution < 1.29 is 13.2 Å². The molecule has 0 unspecified atom stereocenters. The molecule has 0 spiro atoms. The van der Waals surface area contributed by atoms with Crippen molar-refractivity contribution in [2.24, 2.45) is 7.05 Å². The van der Waals surface area contributed by atoms with Gasteiger partial charge in [-0.2, -0.15) is 5.10 Å². The van der Waals surface area contributed by atoms with Gasteiger partial charge in [0, 0.05) is 50.9 Å². The van der Waals surface area contributed by atoms with Gasteiger partial charge in [0.05, 0.1) is 11.4 Å². The summed E-state index contributed by atoms with van der Waals surface area (Å²) in [6, 6.07) is 5.07. The molecule has 0 saturated heterocycles. The van der Waals surface area contributed by atoms with Crippen LogP contribution in [-0.2, 0) is 16.9 Å². The molecule has 2 amide bonds. The summed E-state index contributed by atoms with van der Waals surface area (Å²) in [7, 11) is 0.221. The van der Waals surface area contributed by atoms with E-state index in [2.05, 4.69) is 15.4 Å². The molecule has 0 fully saturated rings. The second-order valence-corrected chi connectivity index (χ2v) is 7.43. The number of rotatable bonds is 5. The summed E-state index contributed by atoms with van der Waals surface area (Å²) in [6.45, 7) is 0.0648. The van der Waals surface area contributed by atoms with Crippen molar-refractivity contribution >= 4 is 21.7 Å². The number of hydrogen-bond donors (Lipinski definition) is 1. The normalized spacial score (nSPS) is 11.3. The van der Waals surface area contributed by atoms with Crippen molar-refractivity contribution in [1.82, 2.24) is 20.1 Å². The Kier molecular flexibility index (Phi) is 4.99. The van der Waals surface area contributed by atoms with Gasteiger partial charge >= 0.3 is 6.03 Å². The van der Waals surface area contributed by atoms with E-state index in [0.29, 0.717) is 11.5 Å². The van der Waals surface area contributed by atoms with E-state index in [0.717, 1.165) is 11.8 Å². The Bertz CT molecular complexity index is 786. The maximum Gasteiger partial charge on any atom is 0.322 e. The Balaban J connectivity index is 2.09. The van der Waals surface area contributed by atoms with E-state index in [1.54, 1.807) is 37.2 Å². The molecular weight excluding hydrogens is 318 g/mol. The molecule has 124 valence electrons. The average Bonchev–Trinajstić information content (AvgIpc) is 2.88. The third-order valence-electron chi connectivity index (χ3n) is 3.21. The first-order chi connectivity index (χ1) is 10.8. The summed E-state index contributed by atoms with van der Waals surface area (Å²) in [5, 5.41) is 6.93. The van der Waals surface area contributed by atoms with E-state index in [1.165, 1.54) is 4.90 Å². The first-order valence-electron chi connectivity index (χ1n) is 6.91. The van der Waals surface area contributed by atoms with Crippen molar-refractivity contribution in [3.05, 3.63) is 30.6 Å². The van der Waals surface area contributed by atoms with Gasteiger partial charge in [-0.05, 0) is 12.1 Å². The lowest BCUT2D eigenvalue weighted by molar-refractivity contribution is 0.247. The second-order valence-electron chi connectivity index (χ2n) is 5.17. The van der Waals surface area contributed by atoms with E-state index in [-0.39, 0.29) is 12.3 Å². The summed E-state index contributed by atoms with van der Waals surface area (Å²) in [4.78, 5) is 17.5. The number of nitrogens with one attached hydrogen (secondary N) is 1.